The Morgan fingerprint density at radius 2 is 2.14 bits per heavy atom. The highest BCUT2D eigenvalue weighted by Gasteiger charge is 2.42. The highest BCUT2D eigenvalue weighted by molar-refractivity contribution is 5.75. The predicted octanol–water partition coefficient (Wildman–Crippen LogP) is 1.52. The number of hydrogen-bond donors (Lipinski definition) is 1. The Morgan fingerprint density at radius 3 is 2.81 bits per heavy atom. The molecule has 21 heavy (non-hydrogen) atoms. The molecule has 8 heteroatoms. The van der Waals surface area contributed by atoms with Crippen LogP contribution < -0.4 is 0 Å². The number of rotatable bonds is 4. The number of hydrogen-bond acceptors (Lipinski definition) is 5. The number of pyridine rings is 1. The van der Waals surface area contributed by atoms with Gasteiger partial charge in [-0.3, -0.25) is 9.78 Å². The van der Waals surface area contributed by atoms with E-state index >= 15 is 0 Å². The summed E-state index contributed by atoms with van der Waals surface area (Å²) in [5.41, 5.74) is -0.413. The number of nitrogens with zero attached hydrogens (tertiary/aromatic N) is 5. The number of halogens is 1. The molecule has 1 N–H and O–H groups in total. The smallest absolute Gasteiger partial charge is 0.311 e. The van der Waals surface area contributed by atoms with Gasteiger partial charge in [-0.15, -0.1) is 5.10 Å². The summed E-state index contributed by atoms with van der Waals surface area (Å²) < 4.78 is 14.7. The van der Waals surface area contributed by atoms with Gasteiger partial charge in [-0.25, -0.2) is 9.07 Å². The first-order valence-electron chi connectivity index (χ1n) is 6.71. The van der Waals surface area contributed by atoms with Gasteiger partial charge in [0.2, 0.25) is 0 Å². The van der Waals surface area contributed by atoms with Crippen LogP contribution in [-0.4, -0.2) is 36.3 Å². The van der Waals surface area contributed by atoms with Crippen LogP contribution in [0.4, 0.5) is 4.39 Å². The average Bonchev–Trinajstić information content (AvgIpc) is 3.09. The maximum atomic E-state index is 13.3. The van der Waals surface area contributed by atoms with Gasteiger partial charge in [-0.2, -0.15) is 0 Å². The highest BCUT2D eigenvalue weighted by atomic mass is 19.1. The average molecular weight is 291 g/mol. The second-order valence-electron chi connectivity index (χ2n) is 5.34. The fraction of sp³-hybridized carbons (Fsp3) is 0.462. The fourth-order valence-corrected chi connectivity index (χ4v) is 2.83. The predicted molar refractivity (Wildman–Crippen MR) is 69.5 cm³/mol. The molecule has 1 saturated carbocycles. The van der Waals surface area contributed by atoms with Crippen molar-refractivity contribution in [2.24, 2.45) is 5.41 Å². The van der Waals surface area contributed by atoms with Crippen LogP contribution in [0.15, 0.2) is 18.5 Å². The van der Waals surface area contributed by atoms with Crippen LogP contribution in [0.2, 0.25) is 0 Å². The molecule has 0 aromatic carbocycles. The van der Waals surface area contributed by atoms with Gasteiger partial charge in [0.05, 0.1) is 18.2 Å². The minimum Gasteiger partial charge on any atom is -0.481 e. The molecule has 2 heterocycles. The highest BCUT2D eigenvalue weighted by Crippen LogP contribution is 2.40. The maximum Gasteiger partial charge on any atom is 0.311 e. The van der Waals surface area contributed by atoms with Crippen molar-refractivity contribution in [3.8, 4) is 11.4 Å². The fourth-order valence-electron chi connectivity index (χ4n) is 2.83. The standard InChI is InChI=1S/C13H14FN5O2/c14-10-5-9(6-15-7-10)11-16-17-18-19(11)8-13(12(20)21)3-1-2-4-13/h5-7H,1-4,8H2,(H,20,21). The molecule has 1 aliphatic rings. The Bertz CT molecular complexity index is 666. The van der Waals surface area contributed by atoms with E-state index in [0.717, 1.165) is 19.0 Å². The van der Waals surface area contributed by atoms with Crippen molar-refractivity contribution in [1.82, 2.24) is 25.2 Å². The van der Waals surface area contributed by atoms with Crippen LogP contribution in [0.25, 0.3) is 11.4 Å². The van der Waals surface area contributed by atoms with Gasteiger partial charge < -0.3 is 5.11 Å². The lowest BCUT2D eigenvalue weighted by molar-refractivity contribution is -0.149. The Hall–Kier alpha value is -2.38. The van der Waals surface area contributed by atoms with E-state index in [2.05, 4.69) is 20.5 Å². The van der Waals surface area contributed by atoms with Gasteiger partial charge in [0, 0.05) is 11.8 Å². The first-order chi connectivity index (χ1) is 10.1. The third-order valence-corrected chi connectivity index (χ3v) is 3.96. The van der Waals surface area contributed by atoms with Crippen LogP contribution >= 0.6 is 0 Å². The van der Waals surface area contributed by atoms with Crippen molar-refractivity contribution in [3.05, 3.63) is 24.3 Å². The Labute approximate surface area is 119 Å². The second-order valence-corrected chi connectivity index (χ2v) is 5.34. The number of tetrazole rings is 1. The molecular weight excluding hydrogens is 277 g/mol. The normalized spacial score (nSPS) is 17.0. The molecule has 0 amide bonds. The topological polar surface area (TPSA) is 93.8 Å². The van der Waals surface area contributed by atoms with Crippen molar-refractivity contribution < 1.29 is 14.3 Å². The van der Waals surface area contributed by atoms with E-state index in [1.54, 1.807) is 0 Å². The molecule has 2 aromatic rings. The molecule has 1 aliphatic carbocycles. The van der Waals surface area contributed by atoms with E-state index in [-0.39, 0.29) is 6.54 Å². The second kappa shape index (κ2) is 5.19. The maximum absolute atomic E-state index is 13.3. The zero-order valence-corrected chi connectivity index (χ0v) is 11.2. The molecule has 0 atom stereocenters. The van der Waals surface area contributed by atoms with Gasteiger partial charge in [-0.1, -0.05) is 12.8 Å². The van der Waals surface area contributed by atoms with Crippen molar-refractivity contribution in [2.45, 2.75) is 32.2 Å². The number of aromatic nitrogens is 5. The zero-order valence-electron chi connectivity index (χ0n) is 11.2. The lowest BCUT2D eigenvalue weighted by atomic mass is 9.86. The SMILES string of the molecule is O=C(O)C1(Cn2nnnc2-c2cncc(F)c2)CCCC1. The van der Waals surface area contributed by atoms with Crippen molar-refractivity contribution in [3.63, 3.8) is 0 Å². The van der Waals surface area contributed by atoms with Crippen molar-refractivity contribution in [1.29, 1.82) is 0 Å². The summed E-state index contributed by atoms with van der Waals surface area (Å²) in [6.45, 7) is 0.182. The van der Waals surface area contributed by atoms with Gasteiger partial charge in [-0.05, 0) is 29.3 Å². The summed E-state index contributed by atoms with van der Waals surface area (Å²) in [7, 11) is 0. The zero-order chi connectivity index (χ0) is 14.9. The number of carboxylic acid groups (broad SMARTS) is 1. The van der Waals surface area contributed by atoms with Gasteiger partial charge in [0.25, 0.3) is 0 Å². The first kappa shape index (κ1) is 13.6. The van der Waals surface area contributed by atoms with E-state index in [9.17, 15) is 14.3 Å². The molecule has 110 valence electrons. The summed E-state index contributed by atoms with van der Waals surface area (Å²) in [4.78, 5) is 15.4. The molecule has 3 rings (SSSR count). The van der Waals surface area contributed by atoms with Gasteiger partial charge in [0.15, 0.2) is 5.82 Å². The molecule has 2 aromatic heterocycles. The lowest BCUT2D eigenvalue weighted by Gasteiger charge is -2.23. The minimum absolute atomic E-state index is 0.182. The van der Waals surface area contributed by atoms with E-state index < -0.39 is 17.2 Å². The van der Waals surface area contributed by atoms with Crippen molar-refractivity contribution in [2.75, 3.05) is 0 Å². The Balaban J connectivity index is 1.94. The third kappa shape index (κ3) is 2.48. The number of aliphatic carboxylic acids is 1. The Kier molecular flexibility index (Phi) is 3.36. The molecule has 0 radical (unpaired) electrons. The van der Waals surface area contributed by atoms with Crippen LogP contribution in [0.5, 0.6) is 0 Å². The number of carboxylic acids is 1. The van der Waals surface area contributed by atoms with Gasteiger partial charge >= 0.3 is 5.97 Å². The molecule has 0 aliphatic heterocycles. The largest absolute Gasteiger partial charge is 0.481 e. The quantitative estimate of drug-likeness (QED) is 0.917. The molecule has 1 fully saturated rings. The molecule has 0 spiro atoms. The van der Waals surface area contributed by atoms with E-state index in [4.69, 9.17) is 0 Å². The summed E-state index contributed by atoms with van der Waals surface area (Å²) in [5.74, 6) is -0.996. The molecule has 0 saturated heterocycles. The minimum atomic E-state index is -0.842. The molecule has 0 unspecified atom stereocenters. The van der Waals surface area contributed by atoms with Crippen LogP contribution in [0.3, 0.4) is 0 Å². The van der Waals surface area contributed by atoms with E-state index in [1.165, 1.54) is 16.9 Å². The van der Waals surface area contributed by atoms with E-state index in [0.29, 0.717) is 24.2 Å². The summed E-state index contributed by atoms with van der Waals surface area (Å²) in [6, 6.07) is 1.28. The summed E-state index contributed by atoms with van der Waals surface area (Å²) in [5, 5.41) is 20.8. The van der Waals surface area contributed by atoms with Crippen molar-refractivity contribution >= 4 is 5.97 Å². The molecule has 0 bridgehead atoms. The van der Waals surface area contributed by atoms with Crippen LogP contribution in [-0.2, 0) is 11.3 Å². The lowest BCUT2D eigenvalue weighted by Crippen LogP contribution is -2.33. The Morgan fingerprint density at radius 1 is 1.38 bits per heavy atom. The van der Waals surface area contributed by atoms with Crippen LogP contribution in [0.1, 0.15) is 25.7 Å². The summed E-state index contributed by atoms with van der Waals surface area (Å²) >= 11 is 0. The van der Waals surface area contributed by atoms with Crippen LogP contribution in [0, 0.1) is 11.2 Å². The van der Waals surface area contributed by atoms with E-state index in [1.807, 2.05) is 0 Å². The number of carbonyl (C=O) groups is 1. The first-order valence-corrected chi connectivity index (χ1v) is 6.71. The summed E-state index contributed by atoms with van der Waals surface area (Å²) in [6.07, 6.45) is 5.50. The molecular formula is C13H14FN5O2. The third-order valence-electron chi connectivity index (χ3n) is 3.96. The van der Waals surface area contributed by atoms with Gasteiger partial charge in [0.1, 0.15) is 5.82 Å². The molecule has 7 nitrogen and oxygen atoms in total. The monoisotopic (exact) mass is 291 g/mol.